The zero-order valence-corrected chi connectivity index (χ0v) is 12.5. The van der Waals surface area contributed by atoms with Gasteiger partial charge in [-0.15, -0.1) is 0 Å². The van der Waals surface area contributed by atoms with Crippen LogP contribution < -0.4 is 5.32 Å². The molecule has 0 unspecified atom stereocenters. The topological polar surface area (TPSA) is 101 Å². The highest BCUT2D eigenvalue weighted by Crippen LogP contribution is 2.26. The normalized spacial score (nSPS) is 14.2. The van der Waals surface area contributed by atoms with Gasteiger partial charge in [-0.05, 0) is 24.3 Å². The zero-order chi connectivity index (χ0) is 16.6. The highest BCUT2D eigenvalue weighted by molar-refractivity contribution is 7.85. The van der Waals surface area contributed by atoms with E-state index in [0.717, 1.165) is 0 Å². The lowest BCUT2D eigenvalue weighted by Crippen LogP contribution is -2.20. The molecule has 0 aromatic heterocycles. The van der Waals surface area contributed by atoms with Crippen molar-refractivity contribution < 1.29 is 22.6 Å². The molecule has 1 aliphatic carbocycles. The van der Waals surface area contributed by atoms with Crippen molar-refractivity contribution in [3.8, 4) is 0 Å². The van der Waals surface area contributed by atoms with Crippen molar-refractivity contribution in [2.24, 2.45) is 0 Å². The van der Waals surface area contributed by atoms with Gasteiger partial charge in [0.05, 0.1) is 10.6 Å². The Balaban J connectivity index is 1.95. The molecule has 6 nitrogen and oxygen atoms in total. The van der Waals surface area contributed by atoms with Crippen molar-refractivity contribution in [1.29, 1.82) is 0 Å². The van der Waals surface area contributed by atoms with E-state index < -0.39 is 21.7 Å². The van der Waals surface area contributed by atoms with Gasteiger partial charge in [-0.1, -0.05) is 24.3 Å². The molecular weight excluding hydrogens is 318 g/mol. The molecule has 7 heteroatoms. The van der Waals surface area contributed by atoms with E-state index in [1.54, 1.807) is 24.3 Å². The van der Waals surface area contributed by atoms with E-state index in [0.29, 0.717) is 22.5 Å². The fraction of sp³-hybridized carbons (Fsp3) is 0. The molecule has 2 aromatic rings. The van der Waals surface area contributed by atoms with Crippen molar-refractivity contribution in [1.82, 2.24) is 0 Å². The smallest absolute Gasteiger partial charge is 0.294 e. The lowest BCUT2D eigenvalue weighted by atomic mass is 9.93. The number of allylic oxidation sites excluding steroid dienone is 1. The number of carbonyl (C=O) groups is 2. The Bertz CT molecular complexity index is 943. The maximum atomic E-state index is 11.9. The van der Waals surface area contributed by atoms with Crippen LogP contribution in [0.15, 0.2) is 59.5 Å². The number of rotatable bonds is 3. The summed E-state index contributed by atoms with van der Waals surface area (Å²) in [5.74, 6) is -1.19. The summed E-state index contributed by atoms with van der Waals surface area (Å²) < 4.78 is 31.0. The molecular formula is C16H11NO5S. The number of hydrogen-bond donors (Lipinski definition) is 2. The number of Topliss-reactive ketones (excluding diaryl/α,β-unsaturated/α-hetero) is 1. The fourth-order valence-electron chi connectivity index (χ4n) is 2.29. The first-order chi connectivity index (χ1) is 10.9. The van der Waals surface area contributed by atoms with Crippen LogP contribution in [0.2, 0.25) is 0 Å². The molecule has 2 aromatic carbocycles. The van der Waals surface area contributed by atoms with E-state index in [1.807, 2.05) is 0 Å². The fourth-order valence-corrected chi connectivity index (χ4v) is 2.77. The number of nitrogens with one attached hydrogen (secondary N) is 1. The van der Waals surface area contributed by atoms with Gasteiger partial charge in [0.15, 0.2) is 0 Å². The third-order valence-corrected chi connectivity index (χ3v) is 4.26. The van der Waals surface area contributed by atoms with E-state index in [-0.39, 0.29) is 4.90 Å². The van der Waals surface area contributed by atoms with Crippen LogP contribution in [-0.4, -0.2) is 24.5 Å². The Morgan fingerprint density at radius 1 is 0.870 bits per heavy atom. The van der Waals surface area contributed by atoms with Crippen molar-refractivity contribution in [3.63, 3.8) is 0 Å². The molecule has 0 aliphatic heterocycles. The molecule has 0 bridgehead atoms. The standard InChI is InChI=1S/C16H11NO5S/c18-15-9-14(12-3-1-2-4-13(12)16(15)19)17-10-5-7-11(8-6-10)23(20,21)22/h1-9,17H,(H,20,21,22). The Morgan fingerprint density at radius 2 is 1.48 bits per heavy atom. The second kappa shape index (κ2) is 5.45. The van der Waals surface area contributed by atoms with Gasteiger partial charge in [0.2, 0.25) is 11.6 Å². The molecule has 2 N–H and O–H groups in total. The second-order valence-corrected chi connectivity index (χ2v) is 6.34. The Kier molecular flexibility index (Phi) is 3.59. The molecule has 0 amide bonds. The average molecular weight is 329 g/mol. The van der Waals surface area contributed by atoms with Gasteiger partial charge in [-0.2, -0.15) is 8.42 Å². The summed E-state index contributed by atoms with van der Waals surface area (Å²) in [6.07, 6.45) is 1.21. The molecule has 116 valence electrons. The van der Waals surface area contributed by atoms with Gasteiger partial charge in [0, 0.05) is 22.9 Å². The SMILES string of the molecule is O=C1C=C(Nc2ccc(S(=O)(=O)O)cc2)c2ccccc2C1=O. The minimum atomic E-state index is -4.26. The van der Waals surface area contributed by atoms with Crippen molar-refractivity contribution in [3.05, 3.63) is 65.7 Å². The minimum absolute atomic E-state index is 0.229. The maximum absolute atomic E-state index is 11.9. The zero-order valence-electron chi connectivity index (χ0n) is 11.7. The van der Waals surface area contributed by atoms with Crippen LogP contribution in [0.25, 0.3) is 5.70 Å². The second-order valence-electron chi connectivity index (χ2n) is 4.92. The van der Waals surface area contributed by atoms with Gasteiger partial charge in [-0.25, -0.2) is 0 Å². The van der Waals surface area contributed by atoms with Crippen LogP contribution in [0.4, 0.5) is 5.69 Å². The van der Waals surface area contributed by atoms with Gasteiger partial charge < -0.3 is 5.32 Å². The van der Waals surface area contributed by atoms with E-state index in [9.17, 15) is 18.0 Å². The number of hydrogen-bond acceptors (Lipinski definition) is 5. The third kappa shape index (κ3) is 2.92. The van der Waals surface area contributed by atoms with Crippen molar-refractivity contribution in [2.45, 2.75) is 4.90 Å². The molecule has 0 fully saturated rings. The van der Waals surface area contributed by atoms with E-state index in [1.165, 1.54) is 30.3 Å². The van der Waals surface area contributed by atoms with Crippen LogP contribution in [0.3, 0.4) is 0 Å². The summed E-state index contributed by atoms with van der Waals surface area (Å²) in [5, 5.41) is 2.98. The molecule has 23 heavy (non-hydrogen) atoms. The van der Waals surface area contributed by atoms with Crippen LogP contribution in [0, 0.1) is 0 Å². The van der Waals surface area contributed by atoms with E-state index in [2.05, 4.69) is 5.32 Å². The van der Waals surface area contributed by atoms with Crippen LogP contribution in [0.1, 0.15) is 15.9 Å². The van der Waals surface area contributed by atoms with Gasteiger partial charge in [0.1, 0.15) is 0 Å². The Labute approximate surface area is 132 Å². The van der Waals surface area contributed by atoms with Crippen LogP contribution in [-0.2, 0) is 14.9 Å². The first kappa shape index (κ1) is 15.1. The van der Waals surface area contributed by atoms with Gasteiger partial charge >= 0.3 is 0 Å². The summed E-state index contributed by atoms with van der Waals surface area (Å²) >= 11 is 0. The Morgan fingerprint density at radius 3 is 2.09 bits per heavy atom. The number of carbonyl (C=O) groups excluding carboxylic acids is 2. The van der Waals surface area contributed by atoms with Crippen molar-refractivity contribution in [2.75, 3.05) is 5.32 Å². The molecule has 0 saturated heterocycles. The number of anilines is 1. The summed E-state index contributed by atoms with van der Waals surface area (Å²) in [5.41, 5.74) is 1.87. The number of fused-ring (bicyclic) bond motifs is 1. The van der Waals surface area contributed by atoms with Crippen LogP contribution in [0.5, 0.6) is 0 Å². The third-order valence-electron chi connectivity index (χ3n) is 3.39. The summed E-state index contributed by atoms with van der Waals surface area (Å²) in [6, 6.07) is 12.1. The van der Waals surface area contributed by atoms with E-state index in [4.69, 9.17) is 4.55 Å². The van der Waals surface area contributed by atoms with Gasteiger partial charge in [-0.3, -0.25) is 14.1 Å². The lowest BCUT2D eigenvalue weighted by molar-refractivity contribution is -0.111. The first-order valence-electron chi connectivity index (χ1n) is 6.60. The van der Waals surface area contributed by atoms with Crippen molar-refractivity contribution >= 4 is 33.1 Å². The summed E-state index contributed by atoms with van der Waals surface area (Å²) in [7, 11) is -4.26. The monoisotopic (exact) mass is 329 g/mol. The van der Waals surface area contributed by atoms with Crippen LogP contribution >= 0.6 is 0 Å². The molecule has 0 atom stereocenters. The van der Waals surface area contributed by atoms with E-state index >= 15 is 0 Å². The average Bonchev–Trinajstić information content (AvgIpc) is 2.52. The highest BCUT2D eigenvalue weighted by Gasteiger charge is 2.25. The quantitative estimate of drug-likeness (QED) is 0.661. The first-order valence-corrected chi connectivity index (χ1v) is 8.04. The molecule has 0 heterocycles. The molecule has 0 saturated carbocycles. The number of ketones is 2. The predicted molar refractivity (Wildman–Crippen MR) is 83.6 cm³/mol. The predicted octanol–water partition coefficient (Wildman–Crippen LogP) is 2.15. The Hall–Kier alpha value is -2.77. The largest absolute Gasteiger partial charge is 0.355 e. The number of benzene rings is 2. The highest BCUT2D eigenvalue weighted by atomic mass is 32.2. The maximum Gasteiger partial charge on any atom is 0.294 e. The lowest BCUT2D eigenvalue weighted by Gasteiger charge is -2.17. The van der Waals surface area contributed by atoms with Gasteiger partial charge in [0.25, 0.3) is 10.1 Å². The molecule has 1 aliphatic rings. The summed E-state index contributed by atoms with van der Waals surface area (Å²) in [4.78, 5) is 23.4. The molecule has 0 radical (unpaired) electrons. The molecule has 0 spiro atoms. The molecule has 3 rings (SSSR count). The summed E-state index contributed by atoms with van der Waals surface area (Å²) in [6.45, 7) is 0. The minimum Gasteiger partial charge on any atom is -0.355 e.